The molecule has 4 nitrogen and oxygen atoms in total. The minimum atomic E-state index is 0.149. The highest BCUT2D eigenvalue weighted by molar-refractivity contribution is 5.91. The second-order valence-electron chi connectivity index (χ2n) is 8.66. The van der Waals surface area contributed by atoms with Crippen molar-refractivity contribution in [1.29, 1.82) is 0 Å². The third-order valence-electron chi connectivity index (χ3n) is 5.51. The first kappa shape index (κ1) is 17.9. The first-order chi connectivity index (χ1) is 12.9. The van der Waals surface area contributed by atoms with E-state index in [-0.39, 0.29) is 5.41 Å². The quantitative estimate of drug-likeness (QED) is 0.762. The Hall–Kier alpha value is -2.46. The van der Waals surface area contributed by atoms with Gasteiger partial charge in [0.25, 0.3) is 0 Å². The summed E-state index contributed by atoms with van der Waals surface area (Å²) in [4.78, 5) is 13.9. The number of rotatable bonds is 2. The summed E-state index contributed by atoms with van der Waals surface area (Å²) in [7, 11) is 2.26. The number of piperazine rings is 1. The molecule has 140 valence electrons. The lowest BCUT2D eigenvalue weighted by Gasteiger charge is -2.31. The van der Waals surface area contributed by atoms with Crippen LogP contribution >= 0.6 is 0 Å². The third-order valence-corrected chi connectivity index (χ3v) is 5.51. The number of quaternary nitrogens is 1. The zero-order chi connectivity index (χ0) is 19.0. The summed E-state index contributed by atoms with van der Waals surface area (Å²) < 4.78 is 0. The molecule has 4 rings (SSSR count). The van der Waals surface area contributed by atoms with Gasteiger partial charge in [0.15, 0.2) is 5.82 Å². The number of aromatic nitrogens is 2. The standard InChI is InChI=1S/C23H28N4/c1-23(2,3)18-11-9-17(10-12-18)21-24-20-8-6-5-7-19(20)22(25-21)27-15-13-26(4)14-16-27/h5-12H,13-16H2,1-4H3/p+1. The van der Waals surface area contributed by atoms with Gasteiger partial charge in [-0.15, -0.1) is 0 Å². The minimum Gasteiger partial charge on any atom is -0.345 e. The average molecular weight is 362 g/mol. The molecule has 0 unspecified atom stereocenters. The maximum atomic E-state index is 5.02. The Kier molecular flexibility index (Phi) is 4.60. The van der Waals surface area contributed by atoms with Gasteiger partial charge in [0.05, 0.1) is 38.7 Å². The number of hydrogen-bond acceptors (Lipinski definition) is 3. The molecule has 1 fully saturated rings. The highest BCUT2D eigenvalue weighted by atomic mass is 15.3. The molecule has 0 amide bonds. The van der Waals surface area contributed by atoms with Crippen molar-refractivity contribution in [1.82, 2.24) is 9.97 Å². The van der Waals surface area contributed by atoms with Crippen molar-refractivity contribution in [3.05, 3.63) is 54.1 Å². The number of fused-ring (bicyclic) bond motifs is 1. The van der Waals surface area contributed by atoms with E-state index in [1.807, 2.05) is 0 Å². The fourth-order valence-corrected chi connectivity index (χ4v) is 3.65. The van der Waals surface area contributed by atoms with Gasteiger partial charge in [-0.05, 0) is 23.1 Å². The van der Waals surface area contributed by atoms with E-state index in [0.29, 0.717) is 0 Å². The predicted octanol–water partition coefficient (Wildman–Crippen LogP) is 2.93. The van der Waals surface area contributed by atoms with E-state index in [4.69, 9.17) is 9.97 Å². The summed E-state index contributed by atoms with van der Waals surface area (Å²) in [6, 6.07) is 17.1. The molecular weight excluding hydrogens is 332 g/mol. The summed E-state index contributed by atoms with van der Waals surface area (Å²) in [6.45, 7) is 11.1. The second kappa shape index (κ2) is 6.93. The van der Waals surface area contributed by atoms with E-state index in [9.17, 15) is 0 Å². The number of likely N-dealkylation sites (N-methyl/N-ethyl adjacent to an activating group) is 1. The Morgan fingerprint density at radius 3 is 2.22 bits per heavy atom. The van der Waals surface area contributed by atoms with E-state index >= 15 is 0 Å². The van der Waals surface area contributed by atoms with Gasteiger partial charge in [-0.25, -0.2) is 9.97 Å². The van der Waals surface area contributed by atoms with E-state index < -0.39 is 0 Å². The SMILES string of the molecule is C[NH+]1CCN(c2nc(-c3ccc(C(C)(C)C)cc3)nc3ccccc23)CC1. The molecule has 0 radical (unpaired) electrons. The Morgan fingerprint density at radius 2 is 1.56 bits per heavy atom. The lowest BCUT2D eigenvalue weighted by molar-refractivity contribution is -0.880. The molecule has 2 heterocycles. The maximum Gasteiger partial charge on any atom is 0.162 e. The minimum absolute atomic E-state index is 0.149. The second-order valence-corrected chi connectivity index (χ2v) is 8.66. The fraction of sp³-hybridized carbons (Fsp3) is 0.391. The topological polar surface area (TPSA) is 33.5 Å². The van der Waals surface area contributed by atoms with Crippen LogP contribution in [0.15, 0.2) is 48.5 Å². The zero-order valence-corrected chi connectivity index (χ0v) is 16.8. The van der Waals surface area contributed by atoms with Crippen molar-refractivity contribution in [2.45, 2.75) is 26.2 Å². The van der Waals surface area contributed by atoms with Gasteiger partial charge < -0.3 is 9.80 Å². The Labute approximate surface area is 161 Å². The molecule has 1 N–H and O–H groups in total. The van der Waals surface area contributed by atoms with Crippen molar-refractivity contribution in [2.75, 3.05) is 38.1 Å². The highest BCUT2D eigenvalue weighted by Crippen LogP contribution is 2.29. The third kappa shape index (κ3) is 3.67. The van der Waals surface area contributed by atoms with Gasteiger partial charge >= 0.3 is 0 Å². The summed E-state index contributed by atoms with van der Waals surface area (Å²) in [5.74, 6) is 1.89. The molecule has 1 saturated heterocycles. The smallest absolute Gasteiger partial charge is 0.162 e. The lowest BCUT2D eigenvalue weighted by atomic mass is 9.87. The van der Waals surface area contributed by atoms with Gasteiger partial charge in [0, 0.05) is 10.9 Å². The maximum absolute atomic E-state index is 5.02. The van der Waals surface area contributed by atoms with Crippen LogP contribution in [0, 0.1) is 0 Å². The van der Waals surface area contributed by atoms with Gasteiger partial charge in [0.2, 0.25) is 0 Å². The molecule has 0 atom stereocenters. The van der Waals surface area contributed by atoms with Crippen molar-refractivity contribution >= 4 is 16.7 Å². The van der Waals surface area contributed by atoms with Crippen LogP contribution in [0.5, 0.6) is 0 Å². The molecule has 0 aliphatic carbocycles. The molecule has 0 saturated carbocycles. The number of nitrogens with zero attached hydrogens (tertiary/aromatic N) is 3. The number of para-hydroxylation sites is 1. The Bertz CT molecular complexity index is 933. The van der Waals surface area contributed by atoms with Crippen LogP contribution in [0.1, 0.15) is 26.3 Å². The summed E-state index contributed by atoms with van der Waals surface area (Å²) in [6.07, 6.45) is 0. The number of anilines is 1. The van der Waals surface area contributed by atoms with Gasteiger partial charge in [-0.3, -0.25) is 0 Å². The molecule has 1 aliphatic heterocycles. The molecule has 1 aromatic heterocycles. The molecular formula is C23H29N4+. The Morgan fingerprint density at radius 1 is 0.889 bits per heavy atom. The largest absolute Gasteiger partial charge is 0.345 e. The summed E-state index contributed by atoms with van der Waals surface area (Å²) in [5, 5.41) is 1.15. The van der Waals surface area contributed by atoms with Crippen molar-refractivity contribution in [3.8, 4) is 11.4 Å². The van der Waals surface area contributed by atoms with E-state index in [1.54, 1.807) is 4.90 Å². The first-order valence-electron chi connectivity index (χ1n) is 9.86. The van der Waals surface area contributed by atoms with Crippen LogP contribution in [0.2, 0.25) is 0 Å². The van der Waals surface area contributed by atoms with Crippen molar-refractivity contribution < 1.29 is 4.90 Å². The van der Waals surface area contributed by atoms with Crippen LogP contribution in [-0.2, 0) is 5.41 Å². The van der Waals surface area contributed by atoms with Crippen LogP contribution in [0.3, 0.4) is 0 Å². The fourth-order valence-electron chi connectivity index (χ4n) is 3.65. The van der Waals surface area contributed by atoms with Gasteiger partial charge in [-0.1, -0.05) is 57.2 Å². The molecule has 3 aromatic rings. The lowest BCUT2D eigenvalue weighted by Crippen LogP contribution is -3.12. The number of hydrogen-bond donors (Lipinski definition) is 1. The van der Waals surface area contributed by atoms with Crippen LogP contribution in [0.25, 0.3) is 22.3 Å². The summed E-state index contributed by atoms with van der Waals surface area (Å²) in [5.41, 5.74) is 3.57. The van der Waals surface area contributed by atoms with E-state index in [1.165, 1.54) is 5.56 Å². The Balaban J connectivity index is 1.78. The molecule has 27 heavy (non-hydrogen) atoms. The van der Waals surface area contributed by atoms with E-state index in [2.05, 4.69) is 81.2 Å². The molecule has 0 bridgehead atoms. The van der Waals surface area contributed by atoms with E-state index in [0.717, 1.165) is 54.3 Å². The monoisotopic (exact) mass is 361 g/mol. The number of benzene rings is 2. The molecule has 1 aliphatic rings. The predicted molar refractivity (Wildman–Crippen MR) is 113 cm³/mol. The number of nitrogens with one attached hydrogen (secondary N) is 1. The highest BCUT2D eigenvalue weighted by Gasteiger charge is 2.21. The molecule has 4 heteroatoms. The average Bonchev–Trinajstić information content (AvgIpc) is 2.67. The van der Waals surface area contributed by atoms with Crippen LogP contribution < -0.4 is 9.80 Å². The van der Waals surface area contributed by atoms with Crippen LogP contribution in [0.4, 0.5) is 5.82 Å². The van der Waals surface area contributed by atoms with Crippen molar-refractivity contribution in [3.63, 3.8) is 0 Å². The van der Waals surface area contributed by atoms with Crippen LogP contribution in [-0.4, -0.2) is 43.2 Å². The van der Waals surface area contributed by atoms with Crippen molar-refractivity contribution in [2.24, 2.45) is 0 Å². The first-order valence-corrected chi connectivity index (χ1v) is 9.86. The molecule has 2 aromatic carbocycles. The van der Waals surface area contributed by atoms with Gasteiger partial charge in [-0.2, -0.15) is 0 Å². The van der Waals surface area contributed by atoms with Gasteiger partial charge in [0.1, 0.15) is 5.82 Å². The summed E-state index contributed by atoms with van der Waals surface area (Å²) >= 11 is 0. The molecule has 0 spiro atoms. The zero-order valence-electron chi connectivity index (χ0n) is 16.8. The normalized spacial score (nSPS) is 16.1.